The Morgan fingerprint density at radius 1 is 1.17 bits per heavy atom. The molecular weight excluding hydrogens is 234 g/mol. The molecular formula is C12H23N3O3. The molecule has 1 N–H and O–H groups in total. The van der Waals surface area contributed by atoms with Gasteiger partial charge in [0.05, 0.1) is 0 Å². The van der Waals surface area contributed by atoms with Crippen LogP contribution < -0.4 is 0 Å². The standard InChI is InChI=1S/C12H23N3O3/c1-12(2,3)15-7-5-14(6-8-15)11(18)13(4)9-10(16)17/h5-9H2,1-4H3,(H,16,17). The summed E-state index contributed by atoms with van der Waals surface area (Å²) in [5.74, 6) is -0.987. The second kappa shape index (κ2) is 5.56. The van der Waals surface area contributed by atoms with E-state index in [4.69, 9.17) is 5.11 Å². The van der Waals surface area contributed by atoms with Crippen molar-refractivity contribution < 1.29 is 14.7 Å². The molecule has 0 aromatic rings. The van der Waals surface area contributed by atoms with E-state index in [1.54, 1.807) is 4.90 Å². The van der Waals surface area contributed by atoms with Crippen LogP contribution in [0.5, 0.6) is 0 Å². The number of carboxylic acids is 1. The van der Waals surface area contributed by atoms with E-state index >= 15 is 0 Å². The smallest absolute Gasteiger partial charge is 0.323 e. The van der Waals surface area contributed by atoms with Crippen LogP contribution in [0.1, 0.15) is 20.8 Å². The summed E-state index contributed by atoms with van der Waals surface area (Å²) < 4.78 is 0. The summed E-state index contributed by atoms with van der Waals surface area (Å²) in [5.41, 5.74) is 0.113. The number of aliphatic carboxylic acids is 1. The summed E-state index contributed by atoms with van der Waals surface area (Å²) in [6.07, 6.45) is 0. The molecule has 0 spiro atoms. The van der Waals surface area contributed by atoms with Crippen molar-refractivity contribution in [3.63, 3.8) is 0 Å². The Labute approximate surface area is 108 Å². The van der Waals surface area contributed by atoms with Gasteiger partial charge in [-0.1, -0.05) is 0 Å². The van der Waals surface area contributed by atoms with Gasteiger partial charge in [0.1, 0.15) is 6.54 Å². The van der Waals surface area contributed by atoms with E-state index in [0.29, 0.717) is 13.1 Å². The average Bonchev–Trinajstić information content (AvgIpc) is 2.26. The zero-order valence-electron chi connectivity index (χ0n) is 11.6. The maximum Gasteiger partial charge on any atom is 0.323 e. The number of likely N-dealkylation sites (N-methyl/N-ethyl adjacent to an activating group) is 1. The predicted molar refractivity (Wildman–Crippen MR) is 68.6 cm³/mol. The van der Waals surface area contributed by atoms with Crippen molar-refractivity contribution in [3.05, 3.63) is 0 Å². The summed E-state index contributed by atoms with van der Waals surface area (Å²) in [4.78, 5) is 27.8. The molecule has 6 nitrogen and oxygen atoms in total. The van der Waals surface area contributed by atoms with Crippen LogP contribution in [-0.2, 0) is 4.79 Å². The van der Waals surface area contributed by atoms with Crippen LogP contribution in [0.3, 0.4) is 0 Å². The summed E-state index contributed by atoms with van der Waals surface area (Å²) in [7, 11) is 1.52. The molecule has 0 atom stereocenters. The molecule has 18 heavy (non-hydrogen) atoms. The lowest BCUT2D eigenvalue weighted by Gasteiger charge is -2.42. The van der Waals surface area contributed by atoms with Crippen LogP contribution >= 0.6 is 0 Å². The van der Waals surface area contributed by atoms with Crippen molar-refractivity contribution in [2.24, 2.45) is 0 Å². The van der Waals surface area contributed by atoms with E-state index in [1.807, 2.05) is 0 Å². The second-order valence-corrected chi connectivity index (χ2v) is 5.68. The van der Waals surface area contributed by atoms with Gasteiger partial charge < -0.3 is 14.9 Å². The van der Waals surface area contributed by atoms with Crippen LogP contribution in [-0.4, -0.2) is 77.1 Å². The highest BCUT2D eigenvalue weighted by Crippen LogP contribution is 2.16. The first-order chi connectivity index (χ1) is 8.21. The molecule has 0 aromatic heterocycles. The van der Waals surface area contributed by atoms with Crippen LogP contribution in [0, 0.1) is 0 Å². The first-order valence-corrected chi connectivity index (χ1v) is 6.18. The maximum atomic E-state index is 12.0. The Kier molecular flexibility index (Phi) is 4.56. The lowest BCUT2D eigenvalue weighted by Crippen LogP contribution is -2.56. The molecule has 2 amide bonds. The third kappa shape index (κ3) is 3.87. The number of hydrogen-bond acceptors (Lipinski definition) is 3. The quantitative estimate of drug-likeness (QED) is 0.784. The maximum absolute atomic E-state index is 12.0. The lowest BCUT2D eigenvalue weighted by molar-refractivity contribution is -0.137. The van der Waals surface area contributed by atoms with E-state index in [9.17, 15) is 9.59 Å². The minimum absolute atomic E-state index is 0.113. The number of piperazine rings is 1. The normalized spacial score (nSPS) is 17.7. The zero-order valence-corrected chi connectivity index (χ0v) is 11.6. The molecule has 1 rings (SSSR count). The van der Waals surface area contributed by atoms with Gasteiger partial charge in [-0.3, -0.25) is 9.69 Å². The minimum Gasteiger partial charge on any atom is -0.480 e. The zero-order chi connectivity index (χ0) is 13.9. The first-order valence-electron chi connectivity index (χ1n) is 6.18. The number of carbonyl (C=O) groups excluding carboxylic acids is 1. The van der Waals surface area contributed by atoms with Crippen molar-refractivity contribution in [2.45, 2.75) is 26.3 Å². The molecule has 0 aromatic carbocycles. The van der Waals surface area contributed by atoms with E-state index in [2.05, 4.69) is 25.7 Å². The molecule has 6 heteroatoms. The Morgan fingerprint density at radius 2 is 1.67 bits per heavy atom. The molecule has 104 valence electrons. The molecule has 1 aliphatic rings. The van der Waals surface area contributed by atoms with E-state index in [1.165, 1.54) is 11.9 Å². The molecule has 1 aliphatic heterocycles. The summed E-state index contributed by atoms with van der Waals surface area (Å²) in [5, 5.41) is 8.66. The van der Waals surface area contributed by atoms with E-state index in [-0.39, 0.29) is 18.1 Å². The van der Waals surface area contributed by atoms with Gasteiger partial charge in [-0.15, -0.1) is 0 Å². The van der Waals surface area contributed by atoms with Gasteiger partial charge in [0, 0.05) is 38.8 Å². The number of hydrogen-bond donors (Lipinski definition) is 1. The third-order valence-corrected chi connectivity index (χ3v) is 3.20. The highest BCUT2D eigenvalue weighted by molar-refractivity contribution is 5.80. The monoisotopic (exact) mass is 257 g/mol. The Morgan fingerprint density at radius 3 is 2.06 bits per heavy atom. The fourth-order valence-electron chi connectivity index (χ4n) is 2.08. The molecule has 1 fully saturated rings. The van der Waals surface area contributed by atoms with Crippen molar-refractivity contribution in [3.8, 4) is 0 Å². The average molecular weight is 257 g/mol. The number of carbonyl (C=O) groups is 2. The molecule has 1 saturated heterocycles. The van der Waals surface area contributed by atoms with Crippen LogP contribution in [0.4, 0.5) is 4.79 Å². The van der Waals surface area contributed by atoms with Gasteiger partial charge in [-0.25, -0.2) is 4.79 Å². The van der Waals surface area contributed by atoms with Crippen LogP contribution in [0.25, 0.3) is 0 Å². The second-order valence-electron chi connectivity index (χ2n) is 5.68. The molecule has 0 radical (unpaired) electrons. The SMILES string of the molecule is CN(CC(=O)O)C(=O)N1CCN(C(C)(C)C)CC1. The predicted octanol–water partition coefficient (Wildman–Crippen LogP) is 0.539. The summed E-state index contributed by atoms with van der Waals surface area (Å²) in [6, 6.07) is -0.203. The number of nitrogens with zero attached hydrogens (tertiary/aromatic N) is 3. The Balaban J connectivity index is 2.48. The number of rotatable bonds is 2. The van der Waals surface area contributed by atoms with Gasteiger partial charge in [0.2, 0.25) is 0 Å². The van der Waals surface area contributed by atoms with Crippen molar-refractivity contribution in [1.82, 2.24) is 14.7 Å². The highest BCUT2D eigenvalue weighted by atomic mass is 16.4. The fourth-order valence-corrected chi connectivity index (χ4v) is 2.08. The van der Waals surface area contributed by atoms with Gasteiger partial charge in [0.15, 0.2) is 0 Å². The fraction of sp³-hybridized carbons (Fsp3) is 0.833. The van der Waals surface area contributed by atoms with Gasteiger partial charge in [-0.05, 0) is 20.8 Å². The van der Waals surface area contributed by atoms with Gasteiger partial charge in [0.25, 0.3) is 0 Å². The molecule has 0 aliphatic carbocycles. The molecule has 0 saturated carbocycles. The first kappa shape index (κ1) is 14.8. The van der Waals surface area contributed by atoms with Crippen molar-refractivity contribution in [1.29, 1.82) is 0 Å². The van der Waals surface area contributed by atoms with Crippen molar-refractivity contribution in [2.75, 3.05) is 39.8 Å². The Bertz CT molecular complexity index is 317. The van der Waals surface area contributed by atoms with Crippen molar-refractivity contribution >= 4 is 12.0 Å². The largest absolute Gasteiger partial charge is 0.480 e. The van der Waals surface area contributed by atoms with E-state index in [0.717, 1.165) is 13.1 Å². The summed E-state index contributed by atoms with van der Waals surface area (Å²) in [6.45, 7) is 9.17. The number of amides is 2. The minimum atomic E-state index is -0.987. The Hall–Kier alpha value is -1.30. The number of carboxylic acid groups (broad SMARTS) is 1. The lowest BCUT2D eigenvalue weighted by atomic mass is 10.1. The highest BCUT2D eigenvalue weighted by Gasteiger charge is 2.29. The van der Waals surface area contributed by atoms with Gasteiger partial charge in [-0.2, -0.15) is 0 Å². The topological polar surface area (TPSA) is 64.1 Å². The molecule has 0 bridgehead atoms. The van der Waals surface area contributed by atoms with E-state index < -0.39 is 5.97 Å². The van der Waals surface area contributed by atoms with Crippen LogP contribution in [0.2, 0.25) is 0 Å². The van der Waals surface area contributed by atoms with Gasteiger partial charge >= 0.3 is 12.0 Å². The number of urea groups is 1. The molecule has 1 heterocycles. The molecule has 0 unspecified atom stereocenters. The third-order valence-electron chi connectivity index (χ3n) is 3.20. The summed E-state index contributed by atoms with van der Waals surface area (Å²) >= 11 is 0. The van der Waals surface area contributed by atoms with Crippen LogP contribution in [0.15, 0.2) is 0 Å².